The molecule has 1 aliphatic heterocycles. The van der Waals surface area contributed by atoms with Crippen LogP contribution in [0.4, 0.5) is 0 Å². The van der Waals surface area contributed by atoms with E-state index in [2.05, 4.69) is 19.9 Å². The molecule has 1 aromatic carbocycles. The van der Waals surface area contributed by atoms with Crippen molar-refractivity contribution in [3.8, 4) is 5.75 Å². The Hall–Kier alpha value is -1.06. The molecule has 0 atom stereocenters. The van der Waals surface area contributed by atoms with E-state index in [1.165, 1.54) is 5.56 Å². The zero-order chi connectivity index (χ0) is 12.1. The number of rotatable bonds is 5. The second-order valence-corrected chi connectivity index (χ2v) is 4.50. The molecule has 0 N–H and O–H groups in total. The lowest BCUT2D eigenvalue weighted by molar-refractivity contribution is -0.0532. The van der Waals surface area contributed by atoms with Crippen LogP contribution in [0.1, 0.15) is 31.7 Å². The van der Waals surface area contributed by atoms with Crippen LogP contribution in [0.3, 0.4) is 0 Å². The van der Waals surface area contributed by atoms with E-state index in [1.807, 2.05) is 18.2 Å². The van der Waals surface area contributed by atoms with Crippen molar-refractivity contribution >= 4 is 0 Å². The minimum absolute atomic E-state index is 0.0822. The lowest BCUT2D eigenvalue weighted by Crippen LogP contribution is -2.13. The molecule has 0 spiro atoms. The molecule has 2 rings (SSSR count). The monoisotopic (exact) mass is 236 g/mol. The van der Waals surface area contributed by atoms with Crippen molar-refractivity contribution in [3.63, 3.8) is 0 Å². The van der Waals surface area contributed by atoms with Crippen molar-refractivity contribution in [3.05, 3.63) is 29.8 Å². The third-order valence-corrected chi connectivity index (χ3v) is 2.84. The molecule has 17 heavy (non-hydrogen) atoms. The first kappa shape index (κ1) is 12.4. The molecule has 94 valence electrons. The maximum atomic E-state index is 5.80. The van der Waals surface area contributed by atoms with Crippen LogP contribution in [0.5, 0.6) is 5.75 Å². The highest BCUT2D eigenvalue weighted by atomic mass is 16.7. The van der Waals surface area contributed by atoms with E-state index in [-0.39, 0.29) is 6.29 Å². The summed E-state index contributed by atoms with van der Waals surface area (Å²) in [7, 11) is 0. The highest BCUT2D eigenvalue weighted by Gasteiger charge is 2.16. The number of ether oxygens (including phenoxy) is 3. The minimum atomic E-state index is -0.0822. The molecule has 1 aliphatic rings. The zero-order valence-electron chi connectivity index (χ0n) is 10.5. The Kier molecular flexibility index (Phi) is 4.40. The number of benzene rings is 1. The standard InChI is InChI=1S/C14H20O3/c1-11(2)12-5-3-4-6-13(12)15-8-7-14-16-9-10-17-14/h3-6,11,14H,7-10H2,1-2H3. The molecule has 1 heterocycles. The van der Waals surface area contributed by atoms with Gasteiger partial charge in [0.1, 0.15) is 5.75 Å². The SMILES string of the molecule is CC(C)c1ccccc1OCCC1OCCO1. The van der Waals surface area contributed by atoms with Gasteiger partial charge in [0.2, 0.25) is 0 Å². The maximum absolute atomic E-state index is 5.80. The summed E-state index contributed by atoms with van der Waals surface area (Å²) in [6.07, 6.45) is 0.702. The van der Waals surface area contributed by atoms with Gasteiger partial charge in [0.25, 0.3) is 0 Å². The first-order valence-corrected chi connectivity index (χ1v) is 6.22. The third kappa shape index (κ3) is 3.45. The second-order valence-electron chi connectivity index (χ2n) is 4.50. The molecule has 1 fully saturated rings. The van der Waals surface area contributed by atoms with Crippen LogP contribution in [0.25, 0.3) is 0 Å². The predicted molar refractivity (Wildman–Crippen MR) is 66.3 cm³/mol. The Morgan fingerprint density at radius 3 is 2.65 bits per heavy atom. The summed E-state index contributed by atoms with van der Waals surface area (Å²) in [4.78, 5) is 0. The van der Waals surface area contributed by atoms with Crippen LogP contribution in [0, 0.1) is 0 Å². The molecule has 0 saturated carbocycles. The summed E-state index contributed by atoms with van der Waals surface area (Å²) >= 11 is 0. The topological polar surface area (TPSA) is 27.7 Å². The maximum Gasteiger partial charge on any atom is 0.161 e. The Balaban J connectivity index is 1.85. The van der Waals surface area contributed by atoms with E-state index in [4.69, 9.17) is 14.2 Å². The molecule has 0 radical (unpaired) electrons. The highest BCUT2D eigenvalue weighted by Crippen LogP contribution is 2.26. The molecule has 3 nitrogen and oxygen atoms in total. The van der Waals surface area contributed by atoms with E-state index in [1.54, 1.807) is 0 Å². The summed E-state index contributed by atoms with van der Waals surface area (Å²) in [5, 5.41) is 0. The van der Waals surface area contributed by atoms with Crippen LogP contribution in [0.2, 0.25) is 0 Å². The molecule has 0 amide bonds. The fraction of sp³-hybridized carbons (Fsp3) is 0.571. The molecular formula is C14H20O3. The summed E-state index contributed by atoms with van der Waals surface area (Å²) in [6.45, 7) is 6.38. The van der Waals surface area contributed by atoms with Crippen molar-refractivity contribution in [2.24, 2.45) is 0 Å². The normalized spacial score (nSPS) is 16.6. The van der Waals surface area contributed by atoms with Gasteiger partial charge < -0.3 is 14.2 Å². The van der Waals surface area contributed by atoms with Crippen molar-refractivity contribution in [2.75, 3.05) is 19.8 Å². The summed E-state index contributed by atoms with van der Waals surface area (Å²) < 4.78 is 16.5. The highest BCUT2D eigenvalue weighted by molar-refractivity contribution is 5.35. The average molecular weight is 236 g/mol. The van der Waals surface area contributed by atoms with Crippen LogP contribution < -0.4 is 4.74 Å². The van der Waals surface area contributed by atoms with E-state index >= 15 is 0 Å². The van der Waals surface area contributed by atoms with Crippen LogP contribution in [0.15, 0.2) is 24.3 Å². The number of hydrogen-bond donors (Lipinski definition) is 0. The van der Waals surface area contributed by atoms with Gasteiger partial charge >= 0.3 is 0 Å². The third-order valence-electron chi connectivity index (χ3n) is 2.84. The first-order chi connectivity index (χ1) is 8.27. The summed E-state index contributed by atoms with van der Waals surface area (Å²) in [5.74, 6) is 1.45. The van der Waals surface area contributed by atoms with Gasteiger partial charge in [-0.3, -0.25) is 0 Å². The first-order valence-electron chi connectivity index (χ1n) is 6.22. The largest absolute Gasteiger partial charge is 0.493 e. The molecule has 0 unspecified atom stereocenters. The summed E-state index contributed by atoms with van der Waals surface area (Å²) in [5.41, 5.74) is 1.25. The van der Waals surface area contributed by atoms with E-state index < -0.39 is 0 Å². The molecule has 1 aromatic rings. The number of hydrogen-bond acceptors (Lipinski definition) is 3. The van der Waals surface area contributed by atoms with Crippen molar-refractivity contribution < 1.29 is 14.2 Å². The Morgan fingerprint density at radius 2 is 1.94 bits per heavy atom. The van der Waals surface area contributed by atoms with Crippen molar-refractivity contribution in [2.45, 2.75) is 32.5 Å². The molecule has 0 aliphatic carbocycles. The Morgan fingerprint density at radius 1 is 1.24 bits per heavy atom. The lowest BCUT2D eigenvalue weighted by Gasteiger charge is -2.15. The zero-order valence-corrected chi connectivity index (χ0v) is 10.5. The predicted octanol–water partition coefficient (Wildman–Crippen LogP) is 2.95. The van der Waals surface area contributed by atoms with Crippen molar-refractivity contribution in [1.82, 2.24) is 0 Å². The van der Waals surface area contributed by atoms with E-state index in [0.29, 0.717) is 25.7 Å². The summed E-state index contributed by atoms with van der Waals surface area (Å²) in [6, 6.07) is 8.18. The van der Waals surface area contributed by atoms with Gasteiger partial charge in [-0.05, 0) is 17.5 Å². The van der Waals surface area contributed by atoms with Gasteiger partial charge in [0.05, 0.1) is 19.8 Å². The van der Waals surface area contributed by atoms with Gasteiger partial charge in [-0.25, -0.2) is 0 Å². The molecule has 3 heteroatoms. The Bertz CT molecular complexity index is 343. The quantitative estimate of drug-likeness (QED) is 0.786. The Labute approximate surface area is 103 Å². The minimum Gasteiger partial charge on any atom is -0.493 e. The lowest BCUT2D eigenvalue weighted by atomic mass is 10.0. The molecular weight excluding hydrogens is 216 g/mol. The van der Waals surface area contributed by atoms with Crippen LogP contribution in [-0.2, 0) is 9.47 Å². The van der Waals surface area contributed by atoms with E-state index in [0.717, 1.165) is 12.2 Å². The smallest absolute Gasteiger partial charge is 0.161 e. The molecule has 1 saturated heterocycles. The van der Waals surface area contributed by atoms with Gasteiger partial charge in [-0.2, -0.15) is 0 Å². The van der Waals surface area contributed by atoms with E-state index in [9.17, 15) is 0 Å². The fourth-order valence-corrected chi connectivity index (χ4v) is 1.93. The second kappa shape index (κ2) is 6.03. The van der Waals surface area contributed by atoms with Crippen LogP contribution >= 0.6 is 0 Å². The fourth-order valence-electron chi connectivity index (χ4n) is 1.93. The van der Waals surface area contributed by atoms with Gasteiger partial charge in [0, 0.05) is 6.42 Å². The average Bonchev–Trinajstić information content (AvgIpc) is 2.82. The molecule has 0 aromatic heterocycles. The van der Waals surface area contributed by atoms with Gasteiger partial charge in [0.15, 0.2) is 6.29 Å². The number of para-hydroxylation sites is 1. The van der Waals surface area contributed by atoms with Gasteiger partial charge in [-0.15, -0.1) is 0 Å². The molecule has 0 bridgehead atoms. The van der Waals surface area contributed by atoms with Gasteiger partial charge in [-0.1, -0.05) is 32.0 Å². The van der Waals surface area contributed by atoms with Crippen LogP contribution in [-0.4, -0.2) is 26.1 Å². The van der Waals surface area contributed by atoms with Crippen molar-refractivity contribution in [1.29, 1.82) is 0 Å².